The minimum atomic E-state index is -1.76. The van der Waals surface area contributed by atoms with Crippen molar-refractivity contribution in [3.63, 3.8) is 0 Å². The standard InChI is InChI=1S/C33H55N9O14/c1-14(34)31(53)42-10-6-8-20(42)29(51)36-11-22(46)39-18(12-43)28(50)40-23(30(52)37-15(2)32(54)41-9-5-7-19(41)27(35)49)16(3)55-33-24(38-17(4)45)26(48)25(47)21(13-44)56-33/h14-16,18-21,23-26,33,43-44,47-48H,5-13,34H2,1-4H3,(H2,35,49)(H,36,51)(H,37,52)(H,38,45)(H,39,46)(H,40,50)/t14-,15-,16+,18-,19-,20-,21+,23-,24+,25-,26+,33-/m0/s1. The van der Waals surface area contributed by atoms with Crippen molar-refractivity contribution in [3.8, 4) is 0 Å². The van der Waals surface area contributed by atoms with E-state index in [1.165, 1.54) is 30.6 Å². The first-order valence-corrected chi connectivity index (χ1v) is 18.3. The fourth-order valence-corrected chi connectivity index (χ4v) is 6.76. The number of amides is 8. The monoisotopic (exact) mass is 801 g/mol. The molecule has 23 nitrogen and oxygen atoms in total. The second-order valence-electron chi connectivity index (χ2n) is 14.1. The summed E-state index contributed by atoms with van der Waals surface area (Å²) in [5, 5.41) is 52.7. The second-order valence-corrected chi connectivity index (χ2v) is 14.1. The summed E-state index contributed by atoms with van der Waals surface area (Å²) in [5.74, 6) is -6.23. The largest absolute Gasteiger partial charge is 0.394 e. The molecule has 0 saturated carbocycles. The number of carbonyl (C=O) groups is 8. The van der Waals surface area contributed by atoms with Gasteiger partial charge in [-0.3, -0.25) is 38.4 Å². The smallest absolute Gasteiger partial charge is 0.245 e. The van der Waals surface area contributed by atoms with Gasteiger partial charge in [-0.05, 0) is 46.5 Å². The molecule has 0 bridgehead atoms. The fourth-order valence-electron chi connectivity index (χ4n) is 6.76. The summed E-state index contributed by atoms with van der Waals surface area (Å²) in [5.41, 5.74) is 11.1. The Bertz CT molecular complexity index is 1470. The molecule has 0 unspecified atom stereocenters. The first-order chi connectivity index (χ1) is 26.3. The normalized spacial score (nSPS) is 27.6. The summed E-state index contributed by atoms with van der Waals surface area (Å²) in [6, 6.07) is -8.80. The summed E-state index contributed by atoms with van der Waals surface area (Å²) in [7, 11) is 0. The van der Waals surface area contributed by atoms with Crippen molar-refractivity contribution >= 4 is 47.3 Å². The van der Waals surface area contributed by atoms with Crippen molar-refractivity contribution in [2.45, 2.75) is 126 Å². The van der Waals surface area contributed by atoms with Crippen LogP contribution in [0.1, 0.15) is 53.4 Å². The van der Waals surface area contributed by atoms with E-state index in [0.29, 0.717) is 32.2 Å². The molecule has 56 heavy (non-hydrogen) atoms. The van der Waals surface area contributed by atoms with Gasteiger partial charge in [0.2, 0.25) is 47.3 Å². The van der Waals surface area contributed by atoms with E-state index in [0.717, 1.165) is 6.92 Å². The topological polar surface area (TPSA) is 355 Å². The maximum absolute atomic E-state index is 13.8. The van der Waals surface area contributed by atoms with Crippen LogP contribution in [-0.2, 0) is 47.8 Å². The average molecular weight is 802 g/mol. The van der Waals surface area contributed by atoms with E-state index < -0.39 is 140 Å². The maximum atomic E-state index is 13.8. The van der Waals surface area contributed by atoms with Gasteiger partial charge in [0.05, 0.1) is 31.9 Å². The molecule has 0 radical (unpaired) electrons. The summed E-state index contributed by atoms with van der Waals surface area (Å²) in [6.07, 6.45) is -6.20. The number of nitrogens with two attached hydrogens (primary N) is 2. The molecule has 0 spiro atoms. The van der Waals surface area contributed by atoms with Crippen molar-refractivity contribution in [2.75, 3.05) is 32.8 Å². The summed E-state index contributed by atoms with van der Waals surface area (Å²) in [6.45, 7) is 3.24. The Labute approximate surface area is 322 Å². The first kappa shape index (κ1) is 45.9. The number of carbonyl (C=O) groups excluding carboxylic acids is 8. The lowest BCUT2D eigenvalue weighted by atomic mass is 9.96. The van der Waals surface area contributed by atoms with E-state index in [2.05, 4.69) is 26.6 Å². The highest BCUT2D eigenvalue weighted by Gasteiger charge is 2.47. The van der Waals surface area contributed by atoms with Crippen molar-refractivity contribution in [1.82, 2.24) is 36.4 Å². The lowest BCUT2D eigenvalue weighted by molar-refractivity contribution is -0.281. The van der Waals surface area contributed by atoms with Gasteiger partial charge in [-0.25, -0.2) is 0 Å². The van der Waals surface area contributed by atoms with E-state index in [1.54, 1.807) is 0 Å². The number of primary amides is 1. The number of rotatable bonds is 17. The van der Waals surface area contributed by atoms with Crippen LogP contribution in [0, 0.1) is 0 Å². The number of hydrogen-bond donors (Lipinski definition) is 11. The Balaban J connectivity index is 1.78. The highest BCUT2D eigenvalue weighted by Crippen LogP contribution is 2.24. The Morgan fingerprint density at radius 1 is 0.857 bits per heavy atom. The van der Waals surface area contributed by atoms with Gasteiger partial charge in [0.15, 0.2) is 6.29 Å². The van der Waals surface area contributed by atoms with Gasteiger partial charge in [-0.2, -0.15) is 0 Å². The summed E-state index contributed by atoms with van der Waals surface area (Å²) < 4.78 is 11.5. The number of likely N-dealkylation sites (tertiary alicyclic amines) is 2. The summed E-state index contributed by atoms with van der Waals surface area (Å²) in [4.78, 5) is 105. The molecule has 23 heteroatoms. The third kappa shape index (κ3) is 11.5. The van der Waals surface area contributed by atoms with E-state index in [9.17, 15) is 58.8 Å². The average Bonchev–Trinajstić information content (AvgIpc) is 3.85. The van der Waals surface area contributed by atoms with Crippen LogP contribution in [0.5, 0.6) is 0 Å². The number of hydrogen-bond acceptors (Lipinski definition) is 15. The molecule has 0 aromatic rings. The van der Waals surface area contributed by atoms with Crippen LogP contribution in [0.25, 0.3) is 0 Å². The SMILES string of the molecule is CC(=O)N[C@H]1[C@@H](O[C@H](C)[C@H](NC(=O)[C@H](CO)NC(=O)CNC(=O)[C@@H]2CCCN2C(=O)[C@H](C)N)C(=O)N[C@@H](C)C(=O)N2CCC[C@H]2C(N)=O)O[C@H](CO)[C@H](O)[C@@H]1O. The Morgan fingerprint density at radius 3 is 2.02 bits per heavy atom. The zero-order chi connectivity index (χ0) is 42.0. The molecule has 0 aliphatic carbocycles. The van der Waals surface area contributed by atoms with E-state index in [1.807, 2.05) is 0 Å². The molecular formula is C33H55N9O14. The third-order valence-corrected chi connectivity index (χ3v) is 9.73. The van der Waals surface area contributed by atoms with Crippen molar-refractivity contribution in [3.05, 3.63) is 0 Å². The molecule has 3 fully saturated rings. The molecule has 0 aromatic carbocycles. The van der Waals surface area contributed by atoms with E-state index >= 15 is 0 Å². The third-order valence-electron chi connectivity index (χ3n) is 9.73. The van der Waals surface area contributed by atoms with Gasteiger partial charge in [-0.1, -0.05) is 0 Å². The highest BCUT2D eigenvalue weighted by molar-refractivity contribution is 5.96. The van der Waals surface area contributed by atoms with E-state index in [-0.39, 0.29) is 6.54 Å². The molecule has 12 atom stereocenters. The Kier molecular flexibility index (Phi) is 16.9. The lowest BCUT2D eigenvalue weighted by Gasteiger charge is -2.43. The first-order valence-electron chi connectivity index (χ1n) is 18.3. The van der Waals surface area contributed by atoms with Crippen LogP contribution in [-0.4, -0.2) is 183 Å². The zero-order valence-corrected chi connectivity index (χ0v) is 31.7. The molecule has 3 rings (SSSR count). The molecule has 3 heterocycles. The fraction of sp³-hybridized carbons (Fsp3) is 0.758. The summed E-state index contributed by atoms with van der Waals surface area (Å²) >= 11 is 0. The molecule has 8 amide bonds. The second kappa shape index (κ2) is 20.6. The number of aliphatic hydroxyl groups excluding tert-OH is 4. The predicted molar refractivity (Wildman–Crippen MR) is 190 cm³/mol. The number of nitrogens with zero attached hydrogens (tertiary/aromatic N) is 2. The van der Waals surface area contributed by atoms with Crippen LogP contribution in [0.2, 0.25) is 0 Å². The van der Waals surface area contributed by atoms with Gasteiger partial charge in [0.25, 0.3) is 0 Å². The number of nitrogens with one attached hydrogen (secondary N) is 5. The molecule has 13 N–H and O–H groups in total. The maximum Gasteiger partial charge on any atom is 0.245 e. The molecular weight excluding hydrogens is 746 g/mol. The van der Waals surface area contributed by atoms with Gasteiger partial charge in [-0.15, -0.1) is 0 Å². The van der Waals surface area contributed by atoms with Crippen LogP contribution in [0.3, 0.4) is 0 Å². The molecule has 3 aliphatic heterocycles. The number of ether oxygens (including phenoxy) is 2. The Hall–Kier alpha value is -4.52. The Morgan fingerprint density at radius 2 is 1.46 bits per heavy atom. The van der Waals surface area contributed by atoms with Gasteiger partial charge >= 0.3 is 0 Å². The number of aliphatic hydroxyl groups is 4. The van der Waals surface area contributed by atoms with E-state index in [4.69, 9.17) is 20.9 Å². The van der Waals surface area contributed by atoms with Crippen molar-refractivity contribution < 1.29 is 68.3 Å². The van der Waals surface area contributed by atoms with Crippen molar-refractivity contribution in [1.29, 1.82) is 0 Å². The predicted octanol–water partition coefficient (Wildman–Crippen LogP) is -7.27. The zero-order valence-electron chi connectivity index (χ0n) is 31.7. The molecule has 3 saturated heterocycles. The minimum Gasteiger partial charge on any atom is -0.394 e. The van der Waals surface area contributed by atoms with Crippen molar-refractivity contribution in [2.24, 2.45) is 11.5 Å². The van der Waals surface area contributed by atoms with Crippen LogP contribution in [0.4, 0.5) is 0 Å². The lowest BCUT2D eigenvalue weighted by Crippen LogP contribution is -2.66. The van der Waals surface area contributed by atoms with Crippen LogP contribution < -0.4 is 38.1 Å². The minimum absolute atomic E-state index is 0.193. The molecule has 0 aromatic heterocycles. The van der Waals surface area contributed by atoms with Crippen LogP contribution in [0.15, 0.2) is 0 Å². The van der Waals surface area contributed by atoms with Crippen LogP contribution >= 0.6 is 0 Å². The quantitative estimate of drug-likeness (QED) is 0.0651. The molecule has 3 aliphatic rings. The van der Waals surface area contributed by atoms with Gasteiger partial charge in [0.1, 0.15) is 54.6 Å². The molecule has 316 valence electrons. The van der Waals surface area contributed by atoms with Gasteiger partial charge in [0, 0.05) is 20.0 Å². The highest BCUT2D eigenvalue weighted by atomic mass is 16.7. The van der Waals surface area contributed by atoms with Gasteiger partial charge < -0.3 is 77.8 Å².